The van der Waals surface area contributed by atoms with E-state index in [1.54, 1.807) is 24.5 Å². The lowest BCUT2D eigenvalue weighted by Gasteiger charge is -2.26. The molecule has 23 heavy (non-hydrogen) atoms. The number of rotatable bonds is 2. The number of aromatic nitrogens is 1. The van der Waals surface area contributed by atoms with Crippen LogP contribution in [0.1, 0.15) is 10.4 Å². The molecule has 0 fully saturated rings. The van der Waals surface area contributed by atoms with Crippen molar-refractivity contribution in [3.05, 3.63) is 50.6 Å². The first-order valence-electron chi connectivity index (χ1n) is 7.12. The van der Waals surface area contributed by atoms with Crippen molar-refractivity contribution in [3.63, 3.8) is 0 Å². The van der Waals surface area contributed by atoms with Crippen LogP contribution in [0.5, 0.6) is 0 Å². The molecule has 2 aromatic heterocycles. The van der Waals surface area contributed by atoms with E-state index in [9.17, 15) is 13.2 Å². The Kier molecular flexibility index (Phi) is 3.22. The molecule has 0 unspecified atom stereocenters. The van der Waals surface area contributed by atoms with Gasteiger partial charge in [0.15, 0.2) is 5.58 Å². The number of benzene rings is 1. The molecule has 0 saturated carbocycles. The van der Waals surface area contributed by atoms with Gasteiger partial charge in [0.1, 0.15) is 0 Å². The Morgan fingerprint density at radius 1 is 1.26 bits per heavy atom. The molecule has 3 heterocycles. The van der Waals surface area contributed by atoms with Crippen molar-refractivity contribution in [2.24, 2.45) is 7.05 Å². The monoisotopic (exact) mass is 350 g/mol. The molecule has 4 rings (SSSR count). The number of aryl methyl sites for hydroxylation is 1. The van der Waals surface area contributed by atoms with E-state index < -0.39 is 15.8 Å². The molecule has 0 saturated heterocycles. The Hall–Kier alpha value is -1.90. The maximum atomic E-state index is 12.9. The van der Waals surface area contributed by atoms with Crippen LogP contribution in [0.4, 0.5) is 0 Å². The molecule has 3 aromatic rings. The van der Waals surface area contributed by atoms with Crippen LogP contribution >= 0.6 is 11.3 Å². The second-order valence-electron chi connectivity index (χ2n) is 5.51. The van der Waals surface area contributed by atoms with E-state index in [2.05, 4.69) is 0 Å². The van der Waals surface area contributed by atoms with Gasteiger partial charge in [0.05, 0.1) is 10.4 Å². The van der Waals surface area contributed by atoms with Crippen LogP contribution in [-0.2, 0) is 30.0 Å². The van der Waals surface area contributed by atoms with Gasteiger partial charge in [-0.05, 0) is 35.6 Å². The minimum atomic E-state index is -3.61. The van der Waals surface area contributed by atoms with Gasteiger partial charge in [0.2, 0.25) is 10.0 Å². The van der Waals surface area contributed by atoms with Gasteiger partial charge in [0.25, 0.3) is 0 Å². The molecular weight excluding hydrogens is 336 g/mol. The number of thiophene rings is 1. The molecule has 1 aliphatic rings. The predicted molar refractivity (Wildman–Crippen MR) is 87.1 cm³/mol. The van der Waals surface area contributed by atoms with Crippen molar-refractivity contribution in [1.82, 2.24) is 8.87 Å². The second kappa shape index (κ2) is 5.05. The molecule has 6 nitrogen and oxygen atoms in total. The molecule has 0 aliphatic carbocycles. The Balaban J connectivity index is 1.76. The summed E-state index contributed by atoms with van der Waals surface area (Å²) >= 11 is 1.67. The predicted octanol–water partition coefficient (Wildman–Crippen LogP) is 1.94. The topological polar surface area (TPSA) is 72.5 Å². The number of oxazole rings is 1. The lowest BCUT2D eigenvalue weighted by atomic mass is 10.1. The number of hydrogen-bond acceptors (Lipinski definition) is 5. The second-order valence-corrected chi connectivity index (χ2v) is 8.45. The highest BCUT2D eigenvalue weighted by Gasteiger charge is 2.29. The van der Waals surface area contributed by atoms with Gasteiger partial charge in [-0.15, -0.1) is 11.3 Å². The van der Waals surface area contributed by atoms with Crippen LogP contribution in [0.3, 0.4) is 0 Å². The average molecular weight is 350 g/mol. The minimum absolute atomic E-state index is 0.151. The number of fused-ring (bicyclic) bond motifs is 2. The van der Waals surface area contributed by atoms with E-state index in [-0.39, 0.29) is 10.5 Å². The van der Waals surface area contributed by atoms with E-state index in [4.69, 9.17) is 4.42 Å². The third kappa shape index (κ3) is 2.25. The molecule has 0 bridgehead atoms. The summed E-state index contributed by atoms with van der Waals surface area (Å²) in [6, 6.07) is 6.53. The van der Waals surface area contributed by atoms with Gasteiger partial charge in [0, 0.05) is 31.1 Å². The SMILES string of the molecule is Cn1c(=O)oc2cc(S(=O)(=O)N3CCc4sccc4C3)ccc21. The Morgan fingerprint density at radius 3 is 2.91 bits per heavy atom. The van der Waals surface area contributed by atoms with Crippen LogP contribution < -0.4 is 5.76 Å². The van der Waals surface area contributed by atoms with Gasteiger partial charge < -0.3 is 4.42 Å². The standard InChI is InChI=1S/C15H14N2O4S2/c1-16-12-3-2-11(8-13(12)21-15(16)18)23(19,20)17-6-4-14-10(9-17)5-7-22-14/h2-3,5,7-8H,4,6,9H2,1H3. The highest BCUT2D eigenvalue weighted by molar-refractivity contribution is 7.89. The van der Waals surface area contributed by atoms with Crippen molar-refractivity contribution >= 4 is 32.5 Å². The maximum absolute atomic E-state index is 12.9. The highest BCUT2D eigenvalue weighted by atomic mass is 32.2. The molecule has 8 heteroatoms. The number of hydrogen-bond donors (Lipinski definition) is 0. The zero-order valence-electron chi connectivity index (χ0n) is 12.4. The molecule has 0 amide bonds. The van der Waals surface area contributed by atoms with E-state index in [0.29, 0.717) is 18.6 Å². The summed E-state index contributed by atoms with van der Waals surface area (Å²) in [7, 11) is -2.02. The van der Waals surface area contributed by atoms with Gasteiger partial charge in [-0.25, -0.2) is 13.2 Å². The molecular formula is C15H14N2O4S2. The maximum Gasteiger partial charge on any atom is 0.419 e. The largest absolute Gasteiger partial charge is 0.419 e. The first-order chi connectivity index (χ1) is 11.0. The molecule has 0 radical (unpaired) electrons. The summed E-state index contributed by atoms with van der Waals surface area (Å²) in [5.41, 5.74) is 1.93. The van der Waals surface area contributed by atoms with Crippen LogP contribution in [0.25, 0.3) is 11.1 Å². The van der Waals surface area contributed by atoms with E-state index >= 15 is 0 Å². The Labute approximate surface area is 136 Å². The lowest BCUT2D eigenvalue weighted by Crippen LogP contribution is -2.35. The van der Waals surface area contributed by atoms with Crippen molar-refractivity contribution in [2.45, 2.75) is 17.9 Å². The summed E-state index contributed by atoms with van der Waals surface area (Å²) < 4.78 is 33.6. The van der Waals surface area contributed by atoms with Crippen LogP contribution in [0.15, 0.2) is 43.8 Å². The van der Waals surface area contributed by atoms with E-state index in [1.165, 1.54) is 25.9 Å². The normalized spacial score (nSPS) is 15.9. The summed E-state index contributed by atoms with van der Waals surface area (Å²) in [6.45, 7) is 0.852. The first kappa shape index (κ1) is 14.7. The molecule has 0 spiro atoms. The quantitative estimate of drug-likeness (QED) is 0.708. The zero-order chi connectivity index (χ0) is 16.2. The number of nitrogens with zero attached hydrogens (tertiary/aromatic N) is 2. The molecule has 0 atom stereocenters. The lowest BCUT2D eigenvalue weighted by molar-refractivity contribution is 0.394. The summed E-state index contributed by atoms with van der Waals surface area (Å²) in [4.78, 5) is 12.9. The smallest absolute Gasteiger partial charge is 0.408 e. The fourth-order valence-electron chi connectivity index (χ4n) is 2.85. The molecule has 1 aromatic carbocycles. The van der Waals surface area contributed by atoms with Crippen molar-refractivity contribution < 1.29 is 12.8 Å². The molecule has 1 aliphatic heterocycles. The van der Waals surface area contributed by atoms with Crippen LogP contribution in [0, 0.1) is 0 Å². The average Bonchev–Trinajstić information content (AvgIpc) is 3.11. The zero-order valence-corrected chi connectivity index (χ0v) is 14.0. The summed E-state index contributed by atoms with van der Waals surface area (Å²) in [5.74, 6) is -0.504. The van der Waals surface area contributed by atoms with Crippen molar-refractivity contribution in [2.75, 3.05) is 6.54 Å². The van der Waals surface area contributed by atoms with Crippen molar-refractivity contribution in [3.8, 4) is 0 Å². The van der Waals surface area contributed by atoms with Gasteiger partial charge in [-0.3, -0.25) is 4.57 Å². The molecule has 0 N–H and O–H groups in total. The third-order valence-corrected chi connectivity index (χ3v) is 7.04. The van der Waals surface area contributed by atoms with Gasteiger partial charge in [-0.2, -0.15) is 4.31 Å². The fraction of sp³-hybridized carbons (Fsp3) is 0.267. The van der Waals surface area contributed by atoms with Gasteiger partial charge >= 0.3 is 5.76 Å². The third-order valence-electron chi connectivity index (χ3n) is 4.17. The van der Waals surface area contributed by atoms with Crippen LogP contribution in [0.2, 0.25) is 0 Å². The summed E-state index contributed by atoms with van der Waals surface area (Å²) in [6.07, 6.45) is 0.731. The van der Waals surface area contributed by atoms with E-state index in [1.807, 2.05) is 11.4 Å². The first-order valence-corrected chi connectivity index (χ1v) is 9.44. The summed E-state index contributed by atoms with van der Waals surface area (Å²) in [5, 5.41) is 1.99. The van der Waals surface area contributed by atoms with Gasteiger partial charge in [-0.1, -0.05) is 0 Å². The Morgan fingerprint density at radius 2 is 2.09 bits per heavy atom. The molecule has 120 valence electrons. The minimum Gasteiger partial charge on any atom is -0.408 e. The van der Waals surface area contributed by atoms with Crippen molar-refractivity contribution in [1.29, 1.82) is 0 Å². The van der Waals surface area contributed by atoms with E-state index in [0.717, 1.165) is 12.0 Å². The van der Waals surface area contributed by atoms with Crippen LogP contribution in [-0.4, -0.2) is 23.8 Å². The highest BCUT2D eigenvalue weighted by Crippen LogP contribution is 2.29. The fourth-order valence-corrected chi connectivity index (χ4v) is 5.18. The Bertz CT molecular complexity index is 1060. The number of sulfonamides is 1.